The highest BCUT2D eigenvalue weighted by Crippen LogP contribution is 2.62. The van der Waals surface area contributed by atoms with Crippen LogP contribution in [0.15, 0.2) is 0 Å². The molecule has 3 unspecified atom stereocenters. The van der Waals surface area contributed by atoms with Crippen molar-refractivity contribution in [2.75, 3.05) is 0 Å². The Morgan fingerprint density at radius 3 is 2.54 bits per heavy atom. The molecule has 1 amide bonds. The van der Waals surface area contributed by atoms with E-state index in [2.05, 4.69) is 26.1 Å². The van der Waals surface area contributed by atoms with Crippen LogP contribution < -0.4 is 5.32 Å². The van der Waals surface area contributed by atoms with Crippen molar-refractivity contribution >= 4 is 6.41 Å². The standard InChI is InChI=1S/C11H18NO/c1-10(2)8-4-5-11(3,6-8)9(10)12-7-13/h8-9H,4-6H2,1-3H3,(H,12,13). The normalized spacial score (nSPS) is 46.4. The molecule has 0 spiro atoms. The molecule has 0 heterocycles. The predicted molar refractivity (Wildman–Crippen MR) is 51.8 cm³/mol. The molecular formula is C11H18NO. The Morgan fingerprint density at radius 2 is 2.08 bits per heavy atom. The van der Waals surface area contributed by atoms with E-state index in [0.29, 0.717) is 11.5 Å². The Morgan fingerprint density at radius 1 is 1.38 bits per heavy atom. The van der Waals surface area contributed by atoms with Gasteiger partial charge in [0.25, 0.3) is 0 Å². The van der Waals surface area contributed by atoms with E-state index >= 15 is 0 Å². The van der Waals surface area contributed by atoms with Crippen molar-refractivity contribution in [2.45, 2.75) is 46.1 Å². The number of carbonyl (C=O) groups excluding carboxylic acids is 1. The van der Waals surface area contributed by atoms with Gasteiger partial charge in [-0.25, -0.2) is 0 Å². The Bertz CT molecular complexity index is 231. The number of amides is 1. The van der Waals surface area contributed by atoms with Gasteiger partial charge < -0.3 is 5.32 Å². The summed E-state index contributed by atoms with van der Waals surface area (Å²) < 4.78 is 0. The Hall–Kier alpha value is -0.530. The van der Waals surface area contributed by atoms with Crippen LogP contribution in [-0.4, -0.2) is 12.5 Å². The van der Waals surface area contributed by atoms with Gasteiger partial charge in [0, 0.05) is 6.04 Å². The second-order valence-electron chi connectivity index (χ2n) is 5.59. The number of hydrogen-bond donors (Lipinski definition) is 1. The molecule has 13 heavy (non-hydrogen) atoms. The summed E-state index contributed by atoms with van der Waals surface area (Å²) in [4.78, 5) is 10.4. The maximum Gasteiger partial charge on any atom is 0.309 e. The van der Waals surface area contributed by atoms with Gasteiger partial charge in [-0.2, -0.15) is 0 Å². The summed E-state index contributed by atoms with van der Waals surface area (Å²) in [6.07, 6.45) is 5.75. The molecule has 1 radical (unpaired) electrons. The monoisotopic (exact) mass is 180 g/mol. The lowest BCUT2D eigenvalue weighted by molar-refractivity contribution is 0.124. The number of rotatable bonds is 2. The van der Waals surface area contributed by atoms with E-state index in [1.54, 1.807) is 0 Å². The zero-order valence-corrected chi connectivity index (χ0v) is 8.68. The summed E-state index contributed by atoms with van der Waals surface area (Å²) in [5.74, 6) is 0.795. The first-order valence-electron chi connectivity index (χ1n) is 5.13. The maximum atomic E-state index is 10.4. The summed E-state index contributed by atoms with van der Waals surface area (Å²) in [7, 11) is 0. The lowest BCUT2D eigenvalue weighted by Crippen LogP contribution is -2.49. The van der Waals surface area contributed by atoms with E-state index in [-0.39, 0.29) is 5.41 Å². The lowest BCUT2D eigenvalue weighted by atomic mass is 9.68. The van der Waals surface area contributed by atoms with Crippen molar-refractivity contribution in [3.63, 3.8) is 0 Å². The molecule has 73 valence electrons. The fourth-order valence-electron chi connectivity index (χ4n) is 3.72. The van der Waals surface area contributed by atoms with Crippen LogP contribution in [0.2, 0.25) is 0 Å². The minimum atomic E-state index is 0.268. The average Bonchev–Trinajstić information content (AvgIpc) is 2.50. The molecular weight excluding hydrogens is 162 g/mol. The zero-order chi connectivity index (χ0) is 9.69. The van der Waals surface area contributed by atoms with Crippen molar-refractivity contribution in [3.8, 4) is 0 Å². The first-order valence-corrected chi connectivity index (χ1v) is 5.13. The van der Waals surface area contributed by atoms with Crippen LogP contribution in [0.25, 0.3) is 0 Å². The largest absolute Gasteiger partial charge is 0.344 e. The lowest BCUT2D eigenvalue weighted by Gasteiger charge is -2.42. The van der Waals surface area contributed by atoms with Gasteiger partial charge in [0.1, 0.15) is 0 Å². The highest BCUT2D eigenvalue weighted by atomic mass is 16.1. The zero-order valence-electron chi connectivity index (χ0n) is 8.68. The van der Waals surface area contributed by atoms with Gasteiger partial charge >= 0.3 is 6.41 Å². The topological polar surface area (TPSA) is 29.1 Å². The second-order valence-corrected chi connectivity index (χ2v) is 5.59. The fraction of sp³-hybridized carbons (Fsp3) is 0.909. The number of hydrogen-bond acceptors (Lipinski definition) is 1. The van der Waals surface area contributed by atoms with E-state index in [9.17, 15) is 4.79 Å². The van der Waals surface area contributed by atoms with Crippen molar-refractivity contribution < 1.29 is 4.79 Å². The van der Waals surface area contributed by atoms with Crippen molar-refractivity contribution in [1.82, 2.24) is 5.32 Å². The first kappa shape index (κ1) is 9.04. The summed E-state index contributed by atoms with van der Waals surface area (Å²) >= 11 is 0. The fourth-order valence-corrected chi connectivity index (χ4v) is 3.72. The van der Waals surface area contributed by atoms with Gasteiger partial charge in [0.15, 0.2) is 0 Å². The molecule has 2 heteroatoms. The first-order chi connectivity index (χ1) is 6.00. The molecule has 0 saturated heterocycles. The summed E-state index contributed by atoms with van der Waals surface area (Å²) in [6, 6.07) is 0.330. The molecule has 0 aliphatic heterocycles. The van der Waals surface area contributed by atoms with Crippen molar-refractivity contribution in [2.24, 2.45) is 16.7 Å². The average molecular weight is 180 g/mol. The van der Waals surface area contributed by atoms with Crippen molar-refractivity contribution in [3.05, 3.63) is 0 Å². The van der Waals surface area contributed by atoms with Crippen LogP contribution >= 0.6 is 0 Å². The molecule has 0 aromatic carbocycles. The second kappa shape index (κ2) is 2.49. The van der Waals surface area contributed by atoms with Crippen LogP contribution in [0.4, 0.5) is 0 Å². The predicted octanol–water partition coefficient (Wildman–Crippen LogP) is 1.86. The highest BCUT2D eigenvalue weighted by Gasteiger charge is 2.59. The van der Waals surface area contributed by atoms with Crippen LogP contribution in [0.3, 0.4) is 0 Å². The van der Waals surface area contributed by atoms with Crippen LogP contribution in [0, 0.1) is 16.7 Å². The van der Waals surface area contributed by atoms with Gasteiger partial charge in [-0.3, -0.25) is 4.79 Å². The van der Waals surface area contributed by atoms with E-state index in [4.69, 9.17) is 0 Å². The van der Waals surface area contributed by atoms with Gasteiger partial charge in [0.05, 0.1) is 0 Å². The third-order valence-corrected chi connectivity index (χ3v) is 4.47. The van der Waals surface area contributed by atoms with E-state index in [0.717, 1.165) is 5.92 Å². The van der Waals surface area contributed by atoms with Gasteiger partial charge in [-0.1, -0.05) is 20.8 Å². The molecule has 2 aliphatic rings. The Kier molecular flexibility index (Phi) is 1.73. The number of fused-ring (bicyclic) bond motifs is 2. The molecule has 2 nitrogen and oxygen atoms in total. The molecule has 1 N–H and O–H groups in total. The van der Waals surface area contributed by atoms with Crippen molar-refractivity contribution in [1.29, 1.82) is 0 Å². The van der Waals surface area contributed by atoms with Crippen LogP contribution in [0.1, 0.15) is 40.0 Å². The third-order valence-electron chi connectivity index (χ3n) is 4.47. The summed E-state index contributed by atoms with van der Waals surface area (Å²) in [5, 5.41) is 2.90. The molecule has 0 aromatic heterocycles. The molecule has 0 aromatic rings. The Labute approximate surface area is 80.1 Å². The number of nitrogens with one attached hydrogen (secondary N) is 1. The Balaban J connectivity index is 2.28. The summed E-state index contributed by atoms with van der Waals surface area (Å²) in [5.41, 5.74) is 0.607. The molecule has 2 aliphatic carbocycles. The van der Waals surface area contributed by atoms with Crippen LogP contribution in [0.5, 0.6) is 0 Å². The molecule has 3 atom stereocenters. The molecule has 2 fully saturated rings. The minimum Gasteiger partial charge on any atom is -0.344 e. The minimum absolute atomic E-state index is 0.268. The van der Waals surface area contributed by atoms with Gasteiger partial charge in [0.2, 0.25) is 0 Å². The summed E-state index contributed by atoms with van der Waals surface area (Å²) in [6.45, 7) is 6.85. The highest BCUT2D eigenvalue weighted by molar-refractivity contribution is 5.49. The van der Waals surface area contributed by atoms with E-state index < -0.39 is 0 Å². The van der Waals surface area contributed by atoms with Crippen LogP contribution in [-0.2, 0) is 4.79 Å². The van der Waals surface area contributed by atoms with E-state index in [1.807, 2.05) is 6.41 Å². The molecule has 2 bridgehead atoms. The smallest absolute Gasteiger partial charge is 0.309 e. The maximum absolute atomic E-state index is 10.4. The quantitative estimate of drug-likeness (QED) is 0.646. The third kappa shape index (κ3) is 1.04. The molecule has 2 saturated carbocycles. The molecule has 2 rings (SSSR count). The van der Waals surface area contributed by atoms with E-state index in [1.165, 1.54) is 19.3 Å². The van der Waals surface area contributed by atoms with Gasteiger partial charge in [-0.05, 0) is 36.0 Å². The van der Waals surface area contributed by atoms with Gasteiger partial charge in [-0.15, -0.1) is 0 Å². The SMILES string of the molecule is CC12CCC(C1)C(C)(C)C2N[C]=O.